The Kier molecular flexibility index (Phi) is 6.05. The molecule has 4 fully saturated rings. The van der Waals surface area contributed by atoms with Gasteiger partial charge in [0.25, 0.3) is 0 Å². The van der Waals surface area contributed by atoms with Crippen molar-refractivity contribution in [2.24, 2.45) is 0 Å². The molecular weight excluding hydrogens is 507 g/mol. The Morgan fingerprint density at radius 3 is 2.63 bits per heavy atom. The van der Waals surface area contributed by atoms with E-state index in [-0.39, 0.29) is 22.8 Å². The van der Waals surface area contributed by atoms with E-state index in [2.05, 4.69) is 25.1 Å². The molecular formula is C28H32ClFN6O2. The van der Waals surface area contributed by atoms with Crippen LogP contribution in [0.2, 0.25) is 5.02 Å². The summed E-state index contributed by atoms with van der Waals surface area (Å²) in [5, 5.41) is 4.64. The second kappa shape index (κ2) is 9.47. The fraction of sp³-hybridized carbons (Fsp3) is 0.536. The second-order valence-corrected chi connectivity index (χ2v) is 11.5. The summed E-state index contributed by atoms with van der Waals surface area (Å²) in [5.41, 5.74) is 0.871. The first-order valence-electron chi connectivity index (χ1n) is 13.6. The second-order valence-electron chi connectivity index (χ2n) is 11.1. The van der Waals surface area contributed by atoms with Crippen molar-refractivity contribution in [3.05, 3.63) is 35.2 Å². The van der Waals surface area contributed by atoms with E-state index in [0.29, 0.717) is 46.2 Å². The van der Waals surface area contributed by atoms with Gasteiger partial charge in [0.15, 0.2) is 5.82 Å². The van der Waals surface area contributed by atoms with Crippen LogP contribution in [-0.4, -0.2) is 77.4 Å². The third-order valence-corrected chi connectivity index (χ3v) is 9.16. The van der Waals surface area contributed by atoms with Gasteiger partial charge in [0, 0.05) is 36.9 Å². The number of anilines is 1. The molecule has 0 unspecified atom stereocenters. The fourth-order valence-corrected chi connectivity index (χ4v) is 7.30. The van der Waals surface area contributed by atoms with Crippen LogP contribution in [0.1, 0.15) is 38.5 Å². The van der Waals surface area contributed by atoms with Crippen molar-refractivity contribution in [3.63, 3.8) is 0 Å². The van der Waals surface area contributed by atoms with Crippen LogP contribution in [0.25, 0.3) is 22.2 Å². The zero-order chi connectivity index (χ0) is 25.9. The van der Waals surface area contributed by atoms with Crippen LogP contribution in [0.5, 0.6) is 11.8 Å². The number of methoxy groups -OCH3 is 1. The summed E-state index contributed by atoms with van der Waals surface area (Å²) in [6.07, 6.45) is 8.54. The number of rotatable bonds is 6. The van der Waals surface area contributed by atoms with Gasteiger partial charge in [0.2, 0.25) is 0 Å². The molecule has 0 spiro atoms. The number of pyridine rings is 1. The molecule has 3 aromatic rings. The van der Waals surface area contributed by atoms with E-state index in [1.54, 1.807) is 24.4 Å². The van der Waals surface area contributed by atoms with Gasteiger partial charge in [-0.1, -0.05) is 17.7 Å². The lowest BCUT2D eigenvalue weighted by Gasteiger charge is -2.34. The van der Waals surface area contributed by atoms with Crippen molar-refractivity contribution >= 4 is 28.3 Å². The van der Waals surface area contributed by atoms with E-state index < -0.39 is 5.82 Å². The minimum atomic E-state index is -0.531. The van der Waals surface area contributed by atoms with Gasteiger partial charge in [-0.25, -0.2) is 4.39 Å². The number of benzene rings is 1. The monoisotopic (exact) mass is 538 g/mol. The predicted octanol–water partition coefficient (Wildman–Crippen LogP) is 4.44. The predicted molar refractivity (Wildman–Crippen MR) is 145 cm³/mol. The highest BCUT2D eigenvalue weighted by Crippen LogP contribution is 2.41. The van der Waals surface area contributed by atoms with E-state index in [9.17, 15) is 0 Å². The average molecular weight is 539 g/mol. The van der Waals surface area contributed by atoms with E-state index in [1.807, 2.05) is 0 Å². The Labute approximate surface area is 226 Å². The molecule has 38 heavy (non-hydrogen) atoms. The van der Waals surface area contributed by atoms with E-state index in [4.69, 9.17) is 26.1 Å². The van der Waals surface area contributed by atoms with Gasteiger partial charge in [-0.2, -0.15) is 9.97 Å². The van der Waals surface area contributed by atoms with Gasteiger partial charge in [0.05, 0.1) is 23.1 Å². The maximum absolute atomic E-state index is 16.3. The number of hydrogen-bond acceptors (Lipinski definition) is 8. The smallest absolute Gasteiger partial charge is 0.319 e. The molecule has 2 atom stereocenters. The molecule has 200 valence electrons. The largest absolute Gasteiger partial charge is 0.494 e. The van der Waals surface area contributed by atoms with Crippen LogP contribution in [0.4, 0.5) is 10.2 Å². The number of nitrogens with zero attached hydrogens (tertiary/aromatic N) is 5. The van der Waals surface area contributed by atoms with Crippen LogP contribution in [0, 0.1) is 5.82 Å². The minimum Gasteiger partial charge on any atom is -0.494 e. The lowest BCUT2D eigenvalue weighted by atomic mass is 9.95. The van der Waals surface area contributed by atoms with Crippen molar-refractivity contribution in [2.75, 3.05) is 44.8 Å². The zero-order valence-corrected chi connectivity index (χ0v) is 22.3. The van der Waals surface area contributed by atoms with Crippen molar-refractivity contribution in [3.8, 4) is 23.0 Å². The number of fused-ring (bicyclic) bond motifs is 4. The molecule has 7 rings (SSSR count). The third-order valence-electron chi connectivity index (χ3n) is 8.87. The number of nitrogens with one attached hydrogen (secondary N) is 1. The fourth-order valence-electron chi connectivity index (χ4n) is 7.05. The topological polar surface area (TPSA) is 75.6 Å². The maximum Gasteiger partial charge on any atom is 0.319 e. The molecule has 2 aromatic heterocycles. The standard InChI is InChI=1S/C28H32ClFN6O2/c1-37-25-19(5-2-6-21(25)29)23-22(30)24-20(13-31-23)26(35-14-17-7-8-18(15-35)32-17)34-27(33-24)38-16-28-9-3-11-36(28)12-4-10-28/h2,5-6,13,17-18,32H,3-4,7-12,14-16H2,1H3/t17-,18+. The van der Waals surface area contributed by atoms with E-state index in [1.165, 1.54) is 20.0 Å². The first-order valence-corrected chi connectivity index (χ1v) is 14.0. The molecule has 6 heterocycles. The number of aromatic nitrogens is 3. The Morgan fingerprint density at radius 2 is 1.89 bits per heavy atom. The van der Waals surface area contributed by atoms with Crippen molar-refractivity contribution in [1.29, 1.82) is 0 Å². The Bertz CT molecular complexity index is 1370. The highest BCUT2D eigenvalue weighted by Gasteiger charge is 2.45. The van der Waals surface area contributed by atoms with Gasteiger partial charge in [0.1, 0.15) is 29.4 Å². The van der Waals surface area contributed by atoms with Crippen LogP contribution in [0.3, 0.4) is 0 Å². The minimum absolute atomic E-state index is 0.0444. The van der Waals surface area contributed by atoms with E-state index in [0.717, 1.165) is 51.9 Å². The first-order chi connectivity index (χ1) is 18.5. The van der Waals surface area contributed by atoms with Crippen LogP contribution in [-0.2, 0) is 0 Å². The summed E-state index contributed by atoms with van der Waals surface area (Å²) in [6.45, 7) is 4.37. The lowest BCUT2D eigenvalue weighted by molar-refractivity contribution is 0.108. The highest BCUT2D eigenvalue weighted by atomic mass is 35.5. The average Bonchev–Trinajstić information content (AvgIpc) is 3.61. The Morgan fingerprint density at radius 1 is 1.13 bits per heavy atom. The zero-order valence-electron chi connectivity index (χ0n) is 21.6. The third kappa shape index (κ3) is 3.98. The summed E-state index contributed by atoms with van der Waals surface area (Å²) in [4.78, 5) is 18.8. The Hall–Kier alpha value is -2.75. The van der Waals surface area contributed by atoms with Crippen molar-refractivity contribution in [2.45, 2.75) is 56.1 Å². The lowest BCUT2D eigenvalue weighted by Crippen LogP contribution is -2.51. The molecule has 10 heteroatoms. The Balaban J connectivity index is 1.32. The molecule has 0 amide bonds. The summed E-state index contributed by atoms with van der Waals surface area (Å²) in [7, 11) is 1.52. The number of hydrogen-bond donors (Lipinski definition) is 1. The molecule has 8 nitrogen and oxygen atoms in total. The normalized spacial score (nSPS) is 24.2. The summed E-state index contributed by atoms with van der Waals surface area (Å²) < 4.78 is 28.1. The van der Waals surface area contributed by atoms with Gasteiger partial charge >= 0.3 is 6.01 Å². The SMILES string of the molecule is COc1c(Cl)cccc1-c1ncc2c(N3C[C@H]4CC[C@@H](C3)N4)nc(OCC34CCCN3CCC4)nc2c1F. The van der Waals surface area contributed by atoms with Gasteiger partial charge in [-0.3, -0.25) is 9.88 Å². The van der Waals surface area contributed by atoms with Crippen LogP contribution >= 0.6 is 11.6 Å². The summed E-state index contributed by atoms with van der Waals surface area (Å²) in [6, 6.07) is 6.25. The molecule has 4 aliphatic rings. The van der Waals surface area contributed by atoms with Crippen LogP contribution < -0.4 is 19.7 Å². The quantitative estimate of drug-likeness (QED) is 0.494. The van der Waals surface area contributed by atoms with Gasteiger partial charge < -0.3 is 19.7 Å². The molecule has 0 aliphatic carbocycles. The molecule has 4 aliphatic heterocycles. The van der Waals surface area contributed by atoms with Crippen LogP contribution in [0.15, 0.2) is 24.4 Å². The van der Waals surface area contributed by atoms with E-state index >= 15 is 4.39 Å². The van der Waals surface area contributed by atoms with Crippen molar-refractivity contribution < 1.29 is 13.9 Å². The molecule has 0 saturated carbocycles. The van der Waals surface area contributed by atoms with Gasteiger partial charge in [-0.05, 0) is 63.7 Å². The molecule has 4 saturated heterocycles. The molecule has 1 N–H and O–H groups in total. The van der Waals surface area contributed by atoms with Gasteiger partial charge in [-0.15, -0.1) is 0 Å². The molecule has 0 radical (unpaired) electrons. The maximum atomic E-state index is 16.3. The number of piperazine rings is 1. The number of halogens is 2. The molecule has 2 bridgehead atoms. The molecule has 1 aromatic carbocycles. The van der Waals surface area contributed by atoms with Crippen molar-refractivity contribution in [1.82, 2.24) is 25.2 Å². The highest BCUT2D eigenvalue weighted by molar-refractivity contribution is 6.32. The number of ether oxygens (including phenoxy) is 2. The summed E-state index contributed by atoms with van der Waals surface area (Å²) >= 11 is 6.34. The first kappa shape index (κ1) is 24.3. The number of para-hydroxylation sites is 1. The summed E-state index contributed by atoms with van der Waals surface area (Å²) in [5.74, 6) is 0.536.